The molecule has 0 bridgehead atoms. The van der Waals surface area contributed by atoms with Crippen LogP contribution in [-0.2, 0) is 16.1 Å². The quantitative estimate of drug-likeness (QED) is 0.902. The zero-order valence-corrected chi connectivity index (χ0v) is 14.5. The number of piperazine rings is 1. The Balaban J connectivity index is 2.30. The molecule has 4 nitrogen and oxygen atoms in total. The van der Waals surface area contributed by atoms with Gasteiger partial charge < -0.3 is 10.2 Å². The van der Waals surface area contributed by atoms with Crippen LogP contribution in [0.5, 0.6) is 0 Å². The summed E-state index contributed by atoms with van der Waals surface area (Å²) in [6.45, 7) is 7.94. The second kappa shape index (κ2) is 5.48. The van der Waals surface area contributed by atoms with Crippen LogP contribution >= 0.6 is 27.3 Å². The van der Waals surface area contributed by atoms with Crippen molar-refractivity contribution in [3.05, 3.63) is 20.8 Å². The fraction of sp³-hybridized carbons (Fsp3) is 0.571. The third kappa shape index (κ3) is 2.76. The molecule has 1 aromatic heterocycles. The predicted octanol–water partition coefficient (Wildman–Crippen LogP) is 2.77. The van der Waals surface area contributed by atoms with Gasteiger partial charge in [0.1, 0.15) is 11.6 Å². The standard InChI is InChI=1S/C14H19BrN2O2S/c1-8(2)11-12(18)17(14(3,4)13(19)16-11)7-9-5-6-10(15)20-9/h5-6,8,11H,7H2,1-4H3,(H,16,19). The smallest absolute Gasteiger partial charge is 0.246 e. The molecule has 1 aliphatic heterocycles. The molecule has 1 N–H and O–H groups in total. The van der Waals surface area contributed by atoms with Crippen molar-refractivity contribution in [1.29, 1.82) is 0 Å². The van der Waals surface area contributed by atoms with Crippen LogP contribution in [0.3, 0.4) is 0 Å². The summed E-state index contributed by atoms with van der Waals surface area (Å²) in [4.78, 5) is 27.7. The van der Waals surface area contributed by atoms with Crippen molar-refractivity contribution in [3.63, 3.8) is 0 Å². The summed E-state index contributed by atoms with van der Waals surface area (Å²) in [6, 6.07) is 3.51. The minimum Gasteiger partial charge on any atom is -0.342 e. The maximum atomic E-state index is 12.6. The molecule has 1 atom stereocenters. The molecular formula is C14H19BrN2O2S. The predicted molar refractivity (Wildman–Crippen MR) is 83.4 cm³/mol. The Morgan fingerprint density at radius 1 is 1.40 bits per heavy atom. The molecule has 1 fully saturated rings. The van der Waals surface area contributed by atoms with Crippen LogP contribution < -0.4 is 5.32 Å². The second-order valence-electron chi connectivity index (χ2n) is 5.88. The molecular weight excluding hydrogens is 340 g/mol. The molecule has 110 valence electrons. The molecule has 0 saturated carbocycles. The van der Waals surface area contributed by atoms with Crippen molar-refractivity contribution in [1.82, 2.24) is 10.2 Å². The lowest BCUT2D eigenvalue weighted by molar-refractivity contribution is -0.157. The first-order valence-corrected chi connectivity index (χ1v) is 8.21. The van der Waals surface area contributed by atoms with Gasteiger partial charge in [-0.3, -0.25) is 9.59 Å². The van der Waals surface area contributed by atoms with E-state index in [2.05, 4.69) is 21.2 Å². The highest BCUT2D eigenvalue weighted by molar-refractivity contribution is 9.11. The van der Waals surface area contributed by atoms with Crippen LogP contribution in [0.1, 0.15) is 32.6 Å². The number of nitrogens with one attached hydrogen (secondary N) is 1. The molecule has 1 aliphatic rings. The van der Waals surface area contributed by atoms with Gasteiger partial charge >= 0.3 is 0 Å². The first-order valence-electron chi connectivity index (χ1n) is 6.60. The summed E-state index contributed by atoms with van der Waals surface area (Å²) in [7, 11) is 0. The average molecular weight is 359 g/mol. The number of thiophene rings is 1. The van der Waals surface area contributed by atoms with E-state index >= 15 is 0 Å². The normalized spacial score (nSPS) is 22.3. The minimum atomic E-state index is -0.820. The van der Waals surface area contributed by atoms with Gasteiger partial charge in [0.25, 0.3) is 0 Å². The number of hydrogen-bond donors (Lipinski definition) is 1. The molecule has 2 heterocycles. The van der Waals surface area contributed by atoms with Gasteiger partial charge in [0.15, 0.2) is 0 Å². The van der Waals surface area contributed by atoms with Gasteiger partial charge in [-0.15, -0.1) is 11.3 Å². The van der Waals surface area contributed by atoms with E-state index in [4.69, 9.17) is 0 Å². The zero-order valence-electron chi connectivity index (χ0n) is 12.1. The third-order valence-electron chi connectivity index (χ3n) is 3.66. The molecule has 0 spiro atoms. The van der Waals surface area contributed by atoms with Gasteiger partial charge in [0, 0.05) is 4.88 Å². The largest absolute Gasteiger partial charge is 0.342 e. The molecule has 2 amide bonds. The molecule has 6 heteroatoms. The van der Waals surface area contributed by atoms with Crippen molar-refractivity contribution in [2.45, 2.75) is 45.8 Å². The zero-order chi connectivity index (χ0) is 15.1. The van der Waals surface area contributed by atoms with Crippen molar-refractivity contribution >= 4 is 39.1 Å². The summed E-state index contributed by atoms with van der Waals surface area (Å²) in [6.07, 6.45) is 0. The van der Waals surface area contributed by atoms with Gasteiger partial charge in [-0.25, -0.2) is 0 Å². The summed E-state index contributed by atoms with van der Waals surface area (Å²) in [5.41, 5.74) is -0.820. The van der Waals surface area contributed by atoms with Gasteiger partial charge in [0.2, 0.25) is 11.8 Å². The lowest BCUT2D eigenvalue weighted by atomic mass is 9.91. The van der Waals surface area contributed by atoms with Gasteiger partial charge in [-0.2, -0.15) is 0 Å². The first kappa shape index (κ1) is 15.5. The average Bonchev–Trinajstić information content (AvgIpc) is 2.75. The number of carbonyl (C=O) groups is 2. The lowest BCUT2D eigenvalue weighted by Gasteiger charge is -2.45. The van der Waals surface area contributed by atoms with Crippen LogP contribution in [0, 0.1) is 5.92 Å². The van der Waals surface area contributed by atoms with Crippen molar-refractivity contribution < 1.29 is 9.59 Å². The molecule has 0 radical (unpaired) electrons. The van der Waals surface area contributed by atoms with Crippen molar-refractivity contribution in [3.8, 4) is 0 Å². The minimum absolute atomic E-state index is 0.00544. The van der Waals surface area contributed by atoms with Crippen LogP contribution in [0.2, 0.25) is 0 Å². The Morgan fingerprint density at radius 3 is 2.55 bits per heavy atom. The third-order valence-corrected chi connectivity index (χ3v) is 5.27. The molecule has 20 heavy (non-hydrogen) atoms. The van der Waals surface area contributed by atoms with E-state index in [0.717, 1.165) is 8.66 Å². The van der Waals surface area contributed by atoms with E-state index in [1.165, 1.54) is 0 Å². The second-order valence-corrected chi connectivity index (χ2v) is 8.43. The Hall–Kier alpha value is -0.880. The molecule has 0 aromatic carbocycles. The van der Waals surface area contributed by atoms with E-state index in [9.17, 15) is 9.59 Å². The van der Waals surface area contributed by atoms with Crippen LogP contribution in [0.15, 0.2) is 15.9 Å². The highest BCUT2D eigenvalue weighted by Crippen LogP contribution is 2.29. The van der Waals surface area contributed by atoms with Crippen LogP contribution in [0.4, 0.5) is 0 Å². The highest BCUT2D eigenvalue weighted by atomic mass is 79.9. The van der Waals surface area contributed by atoms with E-state index in [1.807, 2.05) is 26.0 Å². The Labute approximate surface area is 131 Å². The Kier molecular flexibility index (Phi) is 4.25. The lowest BCUT2D eigenvalue weighted by Crippen LogP contribution is -2.68. The molecule has 1 unspecified atom stereocenters. The van der Waals surface area contributed by atoms with Gasteiger partial charge in [-0.05, 0) is 47.8 Å². The van der Waals surface area contributed by atoms with E-state index < -0.39 is 11.6 Å². The Bertz CT molecular complexity index is 539. The number of nitrogens with zero attached hydrogens (tertiary/aromatic N) is 1. The monoisotopic (exact) mass is 358 g/mol. The number of carbonyl (C=O) groups excluding carboxylic acids is 2. The molecule has 1 saturated heterocycles. The van der Waals surface area contributed by atoms with E-state index in [1.54, 1.807) is 30.1 Å². The van der Waals surface area contributed by atoms with Gasteiger partial charge in [0.05, 0.1) is 10.3 Å². The van der Waals surface area contributed by atoms with Crippen molar-refractivity contribution in [2.24, 2.45) is 5.92 Å². The maximum Gasteiger partial charge on any atom is 0.246 e. The van der Waals surface area contributed by atoms with Crippen LogP contribution in [-0.4, -0.2) is 28.3 Å². The number of amides is 2. The number of halogens is 1. The fourth-order valence-electron chi connectivity index (χ4n) is 2.27. The number of hydrogen-bond acceptors (Lipinski definition) is 3. The van der Waals surface area contributed by atoms with E-state index in [0.29, 0.717) is 6.54 Å². The Morgan fingerprint density at radius 2 is 2.05 bits per heavy atom. The summed E-state index contributed by atoms with van der Waals surface area (Å²) < 4.78 is 1.03. The topological polar surface area (TPSA) is 49.4 Å². The van der Waals surface area contributed by atoms with E-state index in [-0.39, 0.29) is 17.7 Å². The molecule has 1 aromatic rings. The highest BCUT2D eigenvalue weighted by Gasteiger charge is 2.47. The number of rotatable bonds is 3. The summed E-state index contributed by atoms with van der Waals surface area (Å²) >= 11 is 5.01. The van der Waals surface area contributed by atoms with Crippen molar-refractivity contribution in [2.75, 3.05) is 0 Å². The maximum absolute atomic E-state index is 12.6. The van der Waals surface area contributed by atoms with Crippen LogP contribution in [0.25, 0.3) is 0 Å². The SMILES string of the molecule is CC(C)C1NC(=O)C(C)(C)N(Cc2ccc(Br)s2)C1=O. The summed E-state index contributed by atoms with van der Waals surface area (Å²) in [5, 5.41) is 2.84. The fourth-order valence-corrected chi connectivity index (χ4v) is 3.74. The van der Waals surface area contributed by atoms with Gasteiger partial charge in [-0.1, -0.05) is 13.8 Å². The molecule has 0 aliphatic carbocycles. The molecule has 2 rings (SSSR count). The first-order chi connectivity index (χ1) is 9.23. The summed E-state index contributed by atoms with van der Waals surface area (Å²) in [5.74, 6) is -0.0133.